The number of anilines is 3. The Morgan fingerprint density at radius 1 is 1.00 bits per heavy atom. The number of rotatable bonds is 3. The molecule has 1 aromatic carbocycles. The lowest BCUT2D eigenvalue weighted by molar-refractivity contribution is 1.30. The van der Waals surface area contributed by atoms with E-state index in [2.05, 4.69) is 15.6 Å². The molecular weight excluding hydrogens is 186 g/mol. The van der Waals surface area contributed by atoms with Crippen LogP contribution < -0.4 is 10.6 Å². The van der Waals surface area contributed by atoms with Crippen LogP contribution in [-0.2, 0) is 0 Å². The predicted molar refractivity (Wildman–Crippen MR) is 63.5 cm³/mol. The van der Waals surface area contributed by atoms with Gasteiger partial charge in [-0.15, -0.1) is 0 Å². The van der Waals surface area contributed by atoms with Crippen LogP contribution in [0.25, 0.3) is 0 Å². The standard InChI is InChI=1S/C12H13N3/c1-13-11-7-8-14-12(9-11)15-10-5-3-2-4-6-10/h2-9H,1H3,(H2,13,14,15). The van der Waals surface area contributed by atoms with Crippen LogP contribution in [-0.4, -0.2) is 12.0 Å². The van der Waals surface area contributed by atoms with Gasteiger partial charge >= 0.3 is 0 Å². The van der Waals surface area contributed by atoms with Crippen LogP contribution in [0.1, 0.15) is 0 Å². The second-order valence-electron chi connectivity index (χ2n) is 3.17. The summed E-state index contributed by atoms with van der Waals surface area (Å²) >= 11 is 0. The summed E-state index contributed by atoms with van der Waals surface area (Å²) in [5.74, 6) is 0.841. The summed E-state index contributed by atoms with van der Waals surface area (Å²) < 4.78 is 0. The first-order valence-electron chi connectivity index (χ1n) is 4.84. The van der Waals surface area contributed by atoms with Crippen LogP contribution in [0.5, 0.6) is 0 Å². The van der Waals surface area contributed by atoms with E-state index < -0.39 is 0 Å². The molecule has 0 aliphatic heterocycles. The Balaban J connectivity index is 2.17. The molecule has 15 heavy (non-hydrogen) atoms. The molecule has 0 saturated carbocycles. The van der Waals surface area contributed by atoms with E-state index in [1.807, 2.05) is 49.5 Å². The van der Waals surface area contributed by atoms with Gasteiger partial charge in [-0.1, -0.05) is 18.2 Å². The summed E-state index contributed by atoms with van der Waals surface area (Å²) in [6, 6.07) is 13.9. The van der Waals surface area contributed by atoms with Crippen molar-refractivity contribution in [3.05, 3.63) is 48.7 Å². The maximum absolute atomic E-state index is 4.23. The van der Waals surface area contributed by atoms with Crippen LogP contribution in [0.15, 0.2) is 48.7 Å². The summed E-state index contributed by atoms with van der Waals surface area (Å²) in [5.41, 5.74) is 2.08. The van der Waals surface area contributed by atoms with E-state index >= 15 is 0 Å². The van der Waals surface area contributed by atoms with Crippen molar-refractivity contribution in [2.75, 3.05) is 17.7 Å². The molecule has 0 saturated heterocycles. The molecule has 0 amide bonds. The third-order valence-electron chi connectivity index (χ3n) is 2.09. The molecule has 76 valence electrons. The van der Waals surface area contributed by atoms with Crippen molar-refractivity contribution in [1.29, 1.82) is 0 Å². The maximum Gasteiger partial charge on any atom is 0.132 e. The Bertz CT molecular complexity index is 426. The van der Waals surface area contributed by atoms with Gasteiger partial charge in [0.15, 0.2) is 0 Å². The van der Waals surface area contributed by atoms with Crippen LogP contribution in [0.2, 0.25) is 0 Å². The van der Waals surface area contributed by atoms with Gasteiger partial charge in [-0.3, -0.25) is 0 Å². The van der Waals surface area contributed by atoms with Gasteiger partial charge in [-0.25, -0.2) is 4.98 Å². The van der Waals surface area contributed by atoms with Gasteiger partial charge in [0.25, 0.3) is 0 Å². The zero-order chi connectivity index (χ0) is 10.5. The van der Waals surface area contributed by atoms with E-state index in [-0.39, 0.29) is 0 Å². The molecule has 0 spiro atoms. The van der Waals surface area contributed by atoms with Crippen molar-refractivity contribution in [3.8, 4) is 0 Å². The fourth-order valence-corrected chi connectivity index (χ4v) is 1.32. The molecule has 0 aliphatic carbocycles. The number of nitrogens with zero attached hydrogens (tertiary/aromatic N) is 1. The minimum absolute atomic E-state index is 0.841. The zero-order valence-electron chi connectivity index (χ0n) is 8.57. The molecule has 0 bridgehead atoms. The third-order valence-corrected chi connectivity index (χ3v) is 2.09. The molecule has 1 heterocycles. The number of hydrogen-bond acceptors (Lipinski definition) is 3. The molecule has 0 atom stereocenters. The van der Waals surface area contributed by atoms with Crippen LogP contribution in [0, 0.1) is 0 Å². The molecule has 2 rings (SSSR count). The van der Waals surface area contributed by atoms with Gasteiger partial charge in [-0.05, 0) is 18.2 Å². The Morgan fingerprint density at radius 2 is 1.80 bits per heavy atom. The lowest BCUT2D eigenvalue weighted by Gasteiger charge is -2.06. The van der Waals surface area contributed by atoms with Crippen molar-refractivity contribution in [1.82, 2.24) is 4.98 Å². The fourth-order valence-electron chi connectivity index (χ4n) is 1.32. The monoisotopic (exact) mass is 199 g/mol. The normalized spacial score (nSPS) is 9.67. The van der Waals surface area contributed by atoms with Gasteiger partial charge < -0.3 is 10.6 Å². The van der Waals surface area contributed by atoms with Crippen molar-refractivity contribution >= 4 is 17.2 Å². The number of benzene rings is 1. The molecule has 2 aromatic rings. The first-order valence-corrected chi connectivity index (χ1v) is 4.84. The molecule has 0 radical (unpaired) electrons. The van der Waals surface area contributed by atoms with Crippen molar-refractivity contribution < 1.29 is 0 Å². The van der Waals surface area contributed by atoms with E-state index in [0.717, 1.165) is 17.2 Å². The average Bonchev–Trinajstić information content (AvgIpc) is 2.31. The third kappa shape index (κ3) is 2.47. The van der Waals surface area contributed by atoms with Gasteiger partial charge in [-0.2, -0.15) is 0 Å². The highest BCUT2D eigenvalue weighted by Crippen LogP contribution is 2.16. The lowest BCUT2D eigenvalue weighted by Crippen LogP contribution is -1.95. The number of aromatic nitrogens is 1. The Kier molecular flexibility index (Phi) is 2.83. The zero-order valence-corrected chi connectivity index (χ0v) is 8.57. The minimum Gasteiger partial charge on any atom is -0.388 e. The number of nitrogens with one attached hydrogen (secondary N) is 2. The molecule has 3 nitrogen and oxygen atoms in total. The number of pyridine rings is 1. The molecule has 0 aliphatic rings. The predicted octanol–water partition coefficient (Wildman–Crippen LogP) is 2.87. The maximum atomic E-state index is 4.23. The first-order chi connectivity index (χ1) is 7.38. The van der Waals surface area contributed by atoms with E-state index in [1.54, 1.807) is 6.20 Å². The summed E-state index contributed by atoms with van der Waals surface area (Å²) in [5, 5.41) is 6.30. The van der Waals surface area contributed by atoms with Gasteiger partial charge in [0.1, 0.15) is 5.82 Å². The second-order valence-corrected chi connectivity index (χ2v) is 3.17. The van der Waals surface area contributed by atoms with Gasteiger partial charge in [0, 0.05) is 30.7 Å². The second kappa shape index (κ2) is 4.46. The largest absolute Gasteiger partial charge is 0.388 e. The first kappa shape index (κ1) is 9.52. The Morgan fingerprint density at radius 3 is 2.53 bits per heavy atom. The minimum atomic E-state index is 0.841. The highest BCUT2D eigenvalue weighted by atomic mass is 15.0. The molecule has 0 fully saturated rings. The van der Waals surface area contributed by atoms with Crippen LogP contribution >= 0.6 is 0 Å². The SMILES string of the molecule is CNc1ccnc(Nc2ccccc2)c1. The molecule has 0 unspecified atom stereocenters. The topological polar surface area (TPSA) is 37.0 Å². The molecule has 2 N–H and O–H groups in total. The van der Waals surface area contributed by atoms with Gasteiger partial charge in [0.05, 0.1) is 0 Å². The van der Waals surface area contributed by atoms with Crippen LogP contribution in [0.4, 0.5) is 17.2 Å². The highest BCUT2D eigenvalue weighted by Gasteiger charge is 1.95. The van der Waals surface area contributed by atoms with Crippen molar-refractivity contribution in [2.24, 2.45) is 0 Å². The van der Waals surface area contributed by atoms with Crippen molar-refractivity contribution in [2.45, 2.75) is 0 Å². The lowest BCUT2D eigenvalue weighted by atomic mass is 10.3. The number of para-hydroxylation sites is 1. The fraction of sp³-hybridized carbons (Fsp3) is 0.0833. The number of hydrogen-bond donors (Lipinski definition) is 2. The Labute approximate surface area is 89.2 Å². The van der Waals surface area contributed by atoms with E-state index in [9.17, 15) is 0 Å². The summed E-state index contributed by atoms with van der Waals surface area (Å²) in [4.78, 5) is 4.23. The van der Waals surface area contributed by atoms with Gasteiger partial charge in [0.2, 0.25) is 0 Å². The average molecular weight is 199 g/mol. The van der Waals surface area contributed by atoms with Crippen molar-refractivity contribution in [3.63, 3.8) is 0 Å². The van der Waals surface area contributed by atoms with Crippen LogP contribution in [0.3, 0.4) is 0 Å². The summed E-state index contributed by atoms with van der Waals surface area (Å²) in [6.07, 6.45) is 1.77. The summed E-state index contributed by atoms with van der Waals surface area (Å²) in [7, 11) is 1.89. The molecular formula is C12H13N3. The smallest absolute Gasteiger partial charge is 0.132 e. The molecule has 1 aromatic heterocycles. The summed E-state index contributed by atoms with van der Waals surface area (Å²) in [6.45, 7) is 0. The highest BCUT2D eigenvalue weighted by molar-refractivity contribution is 5.60. The van der Waals surface area contributed by atoms with E-state index in [1.165, 1.54) is 0 Å². The quantitative estimate of drug-likeness (QED) is 0.798. The van der Waals surface area contributed by atoms with E-state index in [4.69, 9.17) is 0 Å². The molecule has 3 heteroatoms. The van der Waals surface area contributed by atoms with E-state index in [0.29, 0.717) is 0 Å². The Hall–Kier alpha value is -2.03.